The molecule has 2 nitrogen and oxygen atoms in total. The van der Waals surface area contributed by atoms with E-state index in [-0.39, 0.29) is 5.82 Å². The fourth-order valence-corrected chi connectivity index (χ4v) is 3.40. The molecule has 0 saturated heterocycles. The molecule has 1 N–H and O–H groups in total. The van der Waals surface area contributed by atoms with Gasteiger partial charge in [0.2, 0.25) is 0 Å². The maximum Gasteiger partial charge on any atom is 0.123 e. The van der Waals surface area contributed by atoms with Gasteiger partial charge in [0.25, 0.3) is 0 Å². The van der Waals surface area contributed by atoms with Crippen LogP contribution < -0.4 is 9.64 Å². The summed E-state index contributed by atoms with van der Waals surface area (Å²) in [6, 6.07) is 11.2. The first-order valence-electron chi connectivity index (χ1n) is 8.49. The van der Waals surface area contributed by atoms with E-state index < -0.39 is 0 Å². The summed E-state index contributed by atoms with van der Waals surface area (Å²) in [4.78, 5) is 1.56. The van der Waals surface area contributed by atoms with Crippen LogP contribution in [0.15, 0.2) is 42.5 Å². The van der Waals surface area contributed by atoms with Crippen LogP contribution in [0.2, 0.25) is 0 Å². The standard InChI is InChI=1S/C21H24FNO/c1-15-13-21(24-3)16(2)12-19(15)14-23-10-8-18(9-11-23)17-4-6-20(22)7-5-17/h4-8,12-13H,9-11,14H2,1-3H3/p+1. The predicted molar refractivity (Wildman–Crippen MR) is 95.9 cm³/mol. The van der Waals surface area contributed by atoms with E-state index in [0.717, 1.165) is 37.4 Å². The quantitative estimate of drug-likeness (QED) is 0.910. The summed E-state index contributed by atoms with van der Waals surface area (Å²) in [6.45, 7) is 7.40. The van der Waals surface area contributed by atoms with Crippen LogP contribution in [0.5, 0.6) is 5.75 Å². The van der Waals surface area contributed by atoms with Crippen molar-refractivity contribution < 1.29 is 14.0 Å². The molecule has 0 aliphatic carbocycles. The second-order valence-electron chi connectivity index (χ2n) is 6.62. The minimum atomic E-state index is -0.173. The van der Waals surface area contributed by atoms with Gasteiger partial charge >= 0.3 is 0 Å². The van der Waals surface area contributed by atoms with Crippen molar-refractivity contribution in [1.29, 1.82) is 0 Å². The molecular formula is C21H25FNO+. The number of aryl methyl sites for hydroxylation is 2. The van der Waals surface area contributed by atoms with Crippen LogP contribution in [0.4, 0.5) is 4.39 Å². The Morgan fingerprint density at radius 2 is 1.83 bits per heavy atom. The summed E-state index contributed by atoms with van der Waals surface area (Å²) in [5, 5.41) is 0. The second-order valence-corrected chi connectivity index (χ2v) is 6.62. The summed E-state index contributed by atoms with van der Waals surface area (Å²) >= 11 is 0. The van der Waals surface area contributed by atoms with Gasteiger partial charge in [0.15, 0.2) is 0 Å². The van der Waals surface area contributed by atoms with Gasteiger partial charge in [-0.3, -0.25) is 0 Å². The number of halogens is 1. The normalized spacial score (nSPS) is 17.5. The Balaban J connectivity index is 1.69. The molecule has 0 radical (unpaired) electrons. The van der Waals surface area contributed by atoms with E-state index in [2.05, 4.69) is 32.1 Å². The van der Waals surface area contributed by atoms with Crippen LogP contribution in [0.25, 0.3) is 5.57 Å². The third-order valence-corrected chi connectivity index (χ3v) is 4.89. The minimum absolute atomic E-state index is 0.173. The van der Waals surface area contributed by atoms with Gasteiger partial charge in [-0.2, -0.15) is 0 Å². The first-order valence-corrected chi connectivity index (χ1v) is 8.49. The zero-order valence-electron chi connectivity index (χ0n) is 14.7. The second kappa shape index (κ2) is 7.18. The number of nitrogens with one attached hydrogen (secondary N) is 1. The van der Waals surface area contributed by atoms with Crippen LogP contribution in [0.1, 0.15) is 28.7 Å². The molecule has 1 heterocycles. The van der Waals surface area contributed by atoms with Crippen LogP contribution in [0.3, 0.4) is 0 Å². The lowest BCUT2D eigenvalue weighted by Gasteiger charge is -2.25. The van der Waals surface area contributed by atoms with Crippen LogP contribution >= 0.6 is 0 Å². The molecule has 0 spiro atoms. The van der Waals surface area contributed by atoms with E-state index in [9.17, 15) is 4.39 Å². The summed E-state index contributed by atoms with van der Waals surface area (Å²) in [6.07, 6.45) is 3.34. The molecule has 0 bridgehead atoms. The Labute approximate surface area is 143 Å². The van der Waals surface area contributed by atoms with Crippen molar-refractivity contribution in [1.82, 2.24) is 0 Å². The van der Waals surface area contributed by atoms with Gasteiger partial charge in [0, 0.05) is 12.0 Å². The fourth-order valence-electron chi connectivity index (χ4n) is 3.40. The van der Waals surface area contributed by atoms with Gasteiger partial charge in [-0.25, -0.2) is 4.39 Å². The average Bonchev–Trinajstić information content (AvgIpc) is 2.59. The van der Waals surface area contributed by atoms with Gasteiger partial charge in [0.1, 0.15) is 18.1 Å². The highest BCUT2D eigenvalue weighted by Crippen LogP contribution is 2.23. The largest absolute Gasteiger partial charge is 0.496 e. The highest BCUT2D eigenvalue weighted by atomic mass is 19.1. The van der Waals surface area contributed by atoms with E-state index in [0.29, 0.717) is 0 Å². The Morgan fingerprint density at radius 1 is 1.08 bits per heavy atom. The number of quaternary nitrogens is 1. The van der Waals surface area contributed by atoms with Gasteiger partial charge in [-0.1, -0.05) is 12.1 Å². The average molecular weight is 326 g/mol. The summed E-state index contributed by atoms with van der Waals surface area (Å²) in [5.41, 5.74) is 6.35. The molecule has 0 amide bonds. The summed E-state index contributed by atoms with van der Waals surface area (Å²) < 4.78 is 18.4. The first-order chi connectivity index (χ1) is 11.6. The molecule has 3 heteroatoms. The molecule has 1 atom stereocenters. The highest BCUT2D eigenvalue weighted by molar-refractivity contribution is 5.65. The maximum atomic E-state index is 13.1. The zero-order valence-corrected chi connectivity index (χ0v) is 14.7. The Kier molecular flexibility index (Phi) is 5.00. The number of ether oxygens (including phenoxy) is 1. The minimum Gasteiger partial charge on any atom is -0.496 e. The molecule has 2 aromatic carbocycles. The monoisotopic (exact) mass is 326 g/mol. The SMILES string of the molecule is COc1cc(C)c(C[NH+]2CC=C(c3ccc(F)cc3)CC2)cc1C. The Morgan fingerprint density at radius 3 is 2.46 bits per heavy atom. The lowest BCUT2D eigenvalue weighted by Crippen LogP contribution is -3.11. The van der Waals surface area contributed by atoms with Gasteiger partial charge in [0.05, 0.1) is 20.2 Å². The molecule has 1 unspecified atom stereocenters. The van der Waals surface area contributed by atoms with E-state index in [4.69, 9.17) is 4.74 Å². The third kappa shape index (κ3) is 3.68. The lowest BCUT2D eigenvalue weighted by molar-refractivity contribution is -0.908. The zero-order chi connectivity index (χ0) is 17.1. The van der Waals surface area contributed by atoms with E-state index in [1.54, 1.807) is 24.1 Å². The van der Waals surface area contributed by atoms with Crippen LogP contribution in [-0.2, 0) is 6.54 Å². The van der Waals surface area contributed by atoms with E-state index in [1.165, 1.54) is 22.3 Å². The molecule has 3 rings (SSSR count). The van der Waals surface area contributed by atoms with Crippen molar-refractivity contribution in [3.63, 3.8) is 0 Å². The number of methoxy groups -OCH3 is 1. The topological polar surface area (TPSA) is 13.7 Å². The molecule has 1 aliphatic rings. The van der Waals surface area contributed by atoms with Crippen LogP contribution in [0, 0.1) is 19.7 Å². The van der Waals surface area contributed by atoms with Gasteiger partial charge < -0.3 is 9.64 Å². The molecular weight excluding hydrogens is 301 g/mol. The molecule has 126 valence electrons. The summed E-state index contributed by atoms with van der Waals surface area (Å²) in [7, 11) is 1.72. The maximum absolute atomic E-state index is 13.1. The number of hydrogen-bond acceptors (Lipinski definition) is 1. The lowest BCUT2D eigenvalue weighted by atomic mass is 9.98. The Bertz CT molecular complexity index is 749. The predicted octanol–water partition coefficient (Wildman–Crippen LogP) is 3.32. The van der Waals surface area contributed by atoms with Crippen molar-refractivity contribution in [3.8, 4) is 5.75 Å². The van der Waals surface area contributed by atoms with Crippen LogP contribution in [-0.4, -0.2) is 20.2 Å². The van der Waals surface area contributed by atoms with Crippen molar-refractivity contribution in [2.24, 2.45) is 0 Å². The number of benzene rings is 2. The molecule has 0 saturated carbocycles. The van der Waals surface area contributed by atoms with Crippen molar-refractivity contribution in [3.05, 3.63) is 70.5 Å². The van der Waals surface area contributed by atoms with E-state index >= 15 is 0 Å². The smallest absolute Gasteiger partial charge is 0.123 e. The molecule has 2 aromatic rings. The highest BCUT2D eigenvalue weighted by Gasteiger charge is 2.18. The van der Waals surface area contributed by atoms with Gasteiger partial charge in [-0.05, 0) is 66.5 Å². The molecule has 0 fully saturated rings. The van der Waals surface area contributed by atoms with Crippen molar-refractivity contribution >= 4 is 5.57 Å². The Hall–Kier alpha value is -2.13. The number of rotatable bonds is 4. The molecule has 1 aliphatic heterocycles. The van der Waals surface area contributed by atoms with E-state index in [1.807, 2.05) is 12.1 Å². The third-order valence-electron chi connectivity index (χ3n) is 4.89. The van der Waals surface area contributed by atoms with Crippen molar-refractivity contribution in [2.45, 2.75) is 26.8 Å². The van der Waals surface area contributed by atoms with Gasteiger partial charge in [-0.15, -0.1) is 0 Å². The molecule has 0 aromatic heterocycles. The molecule has 24 heavy (non-hydrogen) atoms. The summed E-state index contributed by atoms with van der Waals surface area (Å²) in [5.74, 6) is 0.788. The first kappa shape index (κ1) is 16.7. The fraction of sp³-hybridized carbons (Fsp3) is 0.333. The number of hydrogen-bond donors (Lipinski definition) is 1. The van der Waals surface area contributed by atoms with Crippen molar-refractivity contribution in [2.75, 3.05) is 20.2 Å².